The summed E-state index contributed by atoms with van der Waals surface area (Å²) in [6.07, 6.45) is 8.05. The Hall–Kier alpha value is -3.45. The molecule has 7 heteroatoms. The SMILES string of the molecule is CN1C(=O)C(C/C=C/c2cccnc2)[C@@](C)(c2cc(-c3cccc(N)c3)cs2)N=C1N. The van der Waals surface area contributed by atoms with Gasteiger partial charge in [0.05, 0.1) is 5.92 Å². The quantitative estimate of drug-likeness (QED) is 0.594. The number of aliphatic imine (C=N–C) groups is 1. The Bertz CT molecular complexity index is 1150. The fraction of sp³-hybridized carbons (Fsp3) is 0.208. The van der Waals surface area contributed by atoms with Gasteiger partial charge in [-0.1, -0.05) is 30.4 Å². The monoisotopic (exact) mass is 431 g/mol. The van der Waals surface area contributed by atoms with Crippen molar-refractivity contribution in [1.29, 1.82) is 0 Å². The summed E-state index contributed by atoms with van der Waals surface area (Å²) < 4.78 is 0. The summed E-state index contributed by atoms with van der Waals surface area (Å²) in [5.74, 6) is -0.172. The molecule has 158 valence electrons. The molecule has 4 N–H and O–H groups in total. The van der Waals surface area contributed by atoms with Crippen LogP contribution in [0.15, 0.2) is 71.3 Å². The molecule has 0 fully saturated rings. The molecule has 0 saturated carbocycles. The second kappa shape index (κ2) is 8.35. The number of nitrogen functional groups attached to an aromatic ring is 1. The van der Waals surface area contributed by atoms with Crippen LogP contribution < -0.4 is 11.5 Å². The van der Waals surface area contributed by atoms with Crippen LogP contribution in [0.1, 0.15) is 23.8 Å². The number of aromatic nitrogens is 1. The first-order valence-electron chi connectivity index (χ1n) is 10.0. The van der Waals surface area contributed by atoms with E-state index in [1.165, 1.54) is 4.90 Å². The Kier molecular flexibility index (Phi) is 5.61. The first-order valence-corrected chi connectivity index (χ1v) is 10.9. The molecule has 6 nitrogen and oxygen atoms in total. The molecule has 1 aliphatic heterocycles. The zero-order chi connectivity index (χ0) is 22.0. The van der Waals surface area contributed by atoms with E-state index in [2.05, 4.69) is 16.4 Å². The van der Waals surface area contributed by atoms with Gasteiger partial charge in [0, 0.05) is 30.0 Å². The molecule has 3 heterocycles. The number of guanidine groups is 1. The number of pyridine rings is 1. The first kappa shape index (κ1) is 20.8. The molecule has 0 spiro atoms. The number of hydrogen-bond acceptors (Lipinski definition) is 6. The van der Waals surface area contributed by atoms with E-state index < -0.39 is 5.54 Å². The molecule has 0 saturated heterocycles. The fourth-order valence-electron chi connectivity index (χ4n) is 3.82. The highest BCUT2D eigenvalue weighted by atomic mass is 32.1. The Balaban J connectivity index is 1.68. The predicted molar refractivity (Wildman–Crippen MR) is 127 cm³/mol. The van der Waals surface area contributed by atoms with Gasteiger partial charge in [-0.15, -0.1) is 11.3 Å². The second-order valence-electron chi connectivity index (χ2n) is 7.82. The lowest BCUT2D eigenvalue weighted by atomic mass is 9.79. The summed E-state index contributed by atoms with van der Waals surface area (Å²) in [7, 11) is 1.67. The maximum atomic E-state index is 13.2. The first-order chi connectivity index (χ1) is 14.9. The van der Waals surface area contributed by atoms with Crippen LogP contribution >= 0.6 is 11.3 Å². The molecule has 0 aliphatic carbocycles. The van der Waals surface area contributed by atoms with Crippen molar-refractivity contribution < 1.29 is 4.79 Å². The van der Waals surface area contributed by atoms with Crippen molar-refractivity contribution >= 4 is 35.0 Å². The standard InChI is InChI=1S/C24H25N5OS/c1-24(21-13-18(15-31-21)17-8-4-9-19(25)12-17)20(22(30)29(2)23(26)28-24)10-3-6-16-7-5-11-27-14-16/h3-9,11-15,20H,10,25H2,1-2H3,(H2,26,28)/b6-3+/t20?,24-/m0/s1. The second-order valence-corrected chi connectivity index (χ2v) is 8.73. The van der Waals surface area contributed by atoms with Crippen molar-refractivity contribution in [3.63, 3.8) is 0 Å². The molecule has 1 unspecified atom stereocenters. The number of carbonyl (C=O) groups excluding carboxylic acids is 1. The minimum Gasteiger partial charge on any atom is -0.399 e. The van der Waals surface area contributed by atoms with Gasteiger partial charge in [-0.3, -0.25) is 14.7 Å². The molecule has 0 bridgehead atoms. The maximum Gasteiger partial charge on any atom is 0.235 e. The fourth-order valence-corrected chi connectivity index (χ4v) is 4.90. The zero-order valence-electron chi connectivity index (χ0n) is 17.5. The lowest BCUT2D eigenvalue weighted by molar-refractivity contribution is -0.133. The number of carbonyl (C=O) groups is 1. The van der Waals surface area contributed by atoms with Crippen molar-refractivity contribution in [2.24, 2.45) is 16.6 Å². The van der Waals surface area contributed by atoms with Crippen LogP contribution in [0.25, 0.3) is 17.2 Å². The number of benzene rings is 1. The third-order valence-electron chi connectivity index (χ3n) is 5.68. The molecular formula is C24H25N5OS. The minimum absolute atomic E-state index is 0.0373. The molecule has 3 aromatic rings. The van der Waals surface area contributed by atoms with Gasteiger partial charge in [0.1, 0.15) is 5.54 Å². The van der Waals surface area contributed by atoms with E-state index in [9.17, 15) is 4.79 Å². The lowest BCUT2D eigenvalue weighted by Gasteiger charge is -2.39. The molecule has 2 aromatic heterocycles. The van der Waals surface area contributed by atoms with Gasteiger partial charge in [0.2, 0.25) is 5.91 Å². The van der Waals surface area contributed by atoms with E-state index in [4.69, 9.17) is 16.5 Å². The normalized spacial score (nSPS) is 21.5. The van der Waals surface area contributed by atoms with E-state index in [1.807, 2.05) is 55.5 Å². The van der Waals surface area contributed by atoms with Crippen LogP contribution in [0, 0.1) is 5.92 Å². The smallest absolute Gasteiger partial charge is 0.235 e. The van der Waals surface area contributed by atoms with Crippen LogP contribution in [0.4, 0.5) is 5.69 Å². The summed E-state index contributed by atoms with van der Waals surface area (Å²) in [4.78, 5) is 24.5. The van der Waals surface area contributed by atoms with Gasteiger partial charge in [0.25, 0.3) is 0 Å². The summed E-state index contributed by atoms with van der Waals surface area (Å²) in [6.45, 7) is 1.99. The average Bonchev–Trinajstić information content (AvgIpc) is 3.27. The number of thiophene rings is 1. The molecule has 1 amide bonds. The molecule has 2 atom stereocenters. The van der Waals surface area contributed by atoms with Crippen molar-refractivity contribution in [3.05, 3.63) is 76.8 Å². The molecular weight excluding hydrogens is 406 g/mol. The van der Waals surface area contributed by atoms with Crippen LogP contribution in [0.3, 0.4) is 0 Å². The number of amides is 1. The number of nitrogens with two attached hydrogens (primary N) is 2. The topological polar surface area (TPSA) is 97.6 Å². The van der Waals surface area contributed by atoms with Gasteiger partial charge in [-0.2, -0.15) is 0 Å². The maximum absolute atomic E-state index is 13.2. The van der Waals surface area contributed by atoms with Crippen molar-refractivity contribution in [2.75, 3.05) is 12.8 Å². The Labute approximate surface area is 185 Å². The Morgan fingerprint density at radius 1 is 1.19 bits per heavy atom. The van der Waals surface area contributed by atoms with Crippen LogP contribution in [0.5, 0.6) is 0 Å². The largest absolute Gasteiger partial charge is 0.399 e. The lowest BCUT2D eigenvalue weighted by Crippen LogP contribution is -2.53. The molecule has 1 aliphatic rings. The molecule has 4 rings (SSSR count). The van der Waals surface area contributed by atoms with Gasteiger partial charge >= 0.3 is 0 Å². The van der Waals surface area contributed by atoms with E-state index in [-0.39, 0.29) is 17.8 Å². The predicted octanol–water partition coefficient (Wildman–Crippen LogP) is 4.11. The van der Waals surface area contributed by atoms with Gasteiger partial charge < -0.3 is 11.5 Å². The van der Waals surface area contributed by atoms with Crippen molar-refractivity contribution in [3.8, 4) is 11.1 Å². The number of hydrogen-bond donors (Lipinski definition) is 2. The number of anilines is 1. The number of allylic oxidation sites excluding steroid dienone is 1. The highest BCUT2D eigenvalue weighted by molar-refractivity contribution is 7.10. The van der Waals surface area contributed by atoms with E-state index in [0.717, 1.165) is 21.6 Å². The van der Waals surface area contributed by atoms with Crippen LogP contribution in [-0.2, 0) is 10.3 Å². The highest BCUT2D eigenvalue weighted by Gasteiger charge is 2.46. The molecule has 31 heavy (non-hydrogen) atoms. The van der Waals surface area contributed by atoms with Crippen molar-refractivity contribution in [2.45, 2.75) is 18.9 Å². The van der Waals surface area contributed by atoms with E-state index >= 15 is 0 Å². The third-order valence-corrected chi connectivity index (χ3v) is 6.84. The van der Waals surface area contributed by atoms with E-state index in [0.29, 0.717) is 12.1 Å². The Morgan fingerprint density at radius 3 is 2.77 bits per heavy atom. The number of rotatable bonds is 5. The average molecular weight is 432 g/mol. The van der Waals surface area contributed by atoms with Gasteiger partial charge in [-0.25, -0.2) is 4.99 Å². The van der Waals surface area contributed by atoms with E-state index in [1.54, 1.807) is 30.8 Å². The Morgan fingerprint density at radius 2 is 2.03 bits per heavy atom. The minimum atomic E-state index is -0.754. The summed E-state index contributed by atoms with van der Waals surface area (Å²) in [5.41, 5.74) is 15.1. The summed E-state index contributed by atoms with van der Waals surface area (Å²) in [6, 6.07) is 13.7. The third kappa shape index (κ3) is 4.09. The number of nitrogens with zero attached hydrogens (tertiary/aromatic N) is 3. The zero-order valence-corrected chi connectivity index (χ0v) is 18.3. The summed E-state index contributed by atoms with van der Waals surface area (Å²) >= 11 is 1.59. The van der Waals surface area contributed by atoms with Gasteiger partial charge in [0.15, 0.2) is 5.96 Å². The summed E-state index contributed by atoms with van der Waals surface area (Å²) in [5, 5.41) is 2.08. The van der Waals surface area contributed by atoms with Crippen LogP contribution in [-0.4, -0.2) is 28.8 Å². The molecule has 0 radical (unpaired) electrons. The molecule has 1 aromatic carbocycles. The van der Waals surface area contributed by atoms with Gasteiger partial charge in [-0.05, 0) is 59.7 Å². The highest BCUT2D eigenvalue weighted by Crippen LogP contribution is 2.44. The van der Waals surface area contributed by atoms with Crippen LogP contribution in [0.2, 0.25) is 0 Å². The van der Waals surface area contributed by atoms with Crippen molar-refractivity contribution in [1.82, 2.24) is 9.88 Å².